The predicted octanol–water partition coefficient (Wildman–Crippen LogP) is 2.26. The maximum atomic E-state index is 6.20. The predicted molar refractivity (Wildman–Crippen MR) is 68.0 cm³/mol. The van der Waals surface area contributed by atoms with Crippen LogP contribution in [0, 0.1) is 5.92 Å². The van der Waals surface area contributed by atoms with Crippen LogP contribution in [0.15, 0.2) is 24.3 Å². The van der Waals surface area contributed by atoms with Gasteiger partial charge in [-0.3, -0.25) is 0 Å². The second-order valence-corrected chi connectivity index (χ2v) is 6.12. The number of hydrogen-bond acceptors (Lipinski definition) is 1. The fourth-order valence-electron chi connectivity index (χ4n) is 3.51. The zero-order valence-electron chi connectivity index (χ0n) is 10.9. The molecule has 1 aromatic rings. The van der Waals surface area contributed by atoms with Gasteiger partial charge in [-0.15, -0.1) is 0 Å². The molecule has 0 spiro atoms. The molecule has 0 amide bonds. The summed E-state index contributed by atoms with van der Waals surface area (Å²) in [5, 5.41) is 2.54. The van der Waals surface area contributed by atoms with Crippen LogP contribution < -0.4 is 10.1 Å². The number of fused-ring (bicyclic) bond motifs is 3. The molecular formula is C15H22NO+. The number of benzene rings is 1. The number of ether oxygens (including phenoxy) is 1. The van der Waals surface area contributed by atoms with E-state index in [1.807, 2.05) is 0 Å². The number of quaternary nitrogens is 1. The van der Waals surface area contributed by atoms with Crippen molar-refractivity contribution in [1.82, 2.24) is 0 Å². The van der Waals surface area contributed by atoms with Gasteiger partial charge in [0.15, 0.2) is 0 Å². The van der Waals surface area contributed by atoms with Crippen molar-refractivity contribution in [3.05, 3.63) is 29.8 Å². The first-order valence-corrected chi connectivity index (χ1v) is 6.71. The van der Waals surface area contributed by atoms with E-state index < -0.39 is 0 Å². The van der Waals surface area contributed by atoms with E-state index in [4.69, 9.17) is 4.74 Å². The van der Waals surface area contributed by atoms with Crippen molar-refractivity contribution in [2.45, 2.75) is 51.3 Å². The average Bonchev–Trinajstić information content (AvgIpc) is 2.28. The monoisotopic (exact) mass is 232 g/mol. The van der Waals surface area contributed by atoms with Crippen LogP contribution in [0.5, 0.6) is 5.75 Å². The van der Waals surface area contributed by atoms with Crippen LogP contribution >= 0.6 is 0 Å². The molecule has 2 nitrogen and oxygen atoms in total. The minimum atomic E-state index is -0.0321. The van der Waals surface area contributed by atoms with Crippen molar-refractivity contribution in [3.63, 3.8) is 0 Å². The summed E-state index contributed by atoms with van der Waals surface area (Å²) in [6, 6.07) is 9.86. The first-order chi connectivity index (χ1) is 8.08. The van der Waals surface area contributed by atoms with E-state index in [2.05, 4.69) is 50.4 Å². The standard InChI is InChI=1S/C15H21NO/c1-10-8-9-12-14(16-10)11-6-4-5-7-13(11)17-15(12,2)3/h4-7,10,12,14,16H,8-9H2,1-3H3/p+1. The van der Waals surface area contributed by atoms with E-state index in [1.54, 1.807) is 0 Å². The summed E-state index contributed by atoms with van der Waals surface area (Å²) in [6.07, 6.45) is 2.58. The van der Waals surface area contributed by atoms with Gasteiger partial charge >= 0.3 is 0 Å². The van der Waals surface area contributed by atoms with Gasteiger partial charge in [0.1, 0.15) is 17.4 Å². The Labute approximate surface area is 103 Å². The number of hydrogen-bond donors (Lipinski definition) is 1. The molecule has 3 atom stereocenters. The van der Waals surface area contributed by atoms with Crippen LogP contribution in [-0.2, 0) is 0 Å². The summed E-state index contributed by atoms with van der Waals surface area (Å²) >= 11 is 0. The largest absolute Gasteiger partial charge is 0.487 e. The maximum absolute atomic E-state index is 6.20. The molecule has 2 heterocycles. The fraction of sp³-hybridized carbons (Fsp3) is 0.600. The lowest BCUT2D eigenvalue weighted by Crippen LogP contribution is -2.94. The van der Waals surface area contributed by atoms with Gasteiger partial charge in [0.2, 0.25) is 0 Å². The summed E-state index contributed by atoms with van der Waals surface area (Å²) in [6.45, 7) is 6.82. The van der Waals surface area contributed by atoms with Crippen molar-refractivity contribution in [3.8, 4) is 5.75 Å². The molecule has 3 rings (SSSR count). The lowest BCUT2D eigenvalue weighted by molar-refractivity contribution is -0.744. The third-order valence-electron chi connectivity index (χ3n) is 4.45. The quantitative estimate of drug-likeness (QED) is 0.729. The molecular weight excluding hydrogens is 210 g/mol. The van der Waals surface area contributed by atoms with E-state index in [0.717, 1.165) is 11.8 Å². The Bertz CT molecular complexity index is 427. The van der Waals surface area contributed by atoms with E-state index >= 15 is 0 Å². The number of para-hydroxylation sites is 1. The molecule has 1 aromatic carbocycles. The van der Waals surface area contributed by atoms with E-state index in [9.17, 15) is 0 Å². The molecule has 0 radical (unpaired) electrons. The molecule has 0 aromatic heterocycles. The van der Waals surface area contributed by atoms with Gasteiger partial charge in [0.05, 0.1) is 17.5 Å². The van der Waals surface area contributed by atoms with Crippen LogP contribution in [0.25, 0.3) is 0 Å². The van der Waals surface area contributed by atoms with Gasteiger partial charge in [-0.2, -0.15) is 0 Å². The first kappa shape index (κ1) is 11.1. The van der Waals surface area contributed by atoms with Gasteiger partial charge < -0.3 is 10.1 Å². The lowest BCUT2D eigenvalue weighted by atomic mass is 9.73. The van der Waals surface area contributed by atoms with Gasteiger partial charge in [-0.25, -0.2) is 0 Å². The third kappa shape index (κ3) is 1.75. The highest BCUT2D eigenvalue weighted by atomic mass is 16.5. The summed E-state index contributed by atoms with van der Waals surface area (Å²) in [7, 11) is 0. The third-order valence-corrected chi connectivity index (χ3v) is 4.45. The van der Waals surface area contributed by atoms with E-state index in [-0.39, 0.29) is 5.60 Å². The van der Waals surface area contributed by atoms with Crippen molar-refractivity contribution in [2.24, 2.45) is 5.92 Å². The molecule has 0 bridgehead atoms. The molecule has 2 N–H and O–H groups in total. The summed E-state index contributed by atoms with van der Waals surface area (Å²) in [5.41, 5.74) is 1.36. The average molecular weight is 232 g/mol. The van der Waals surface area contributed by atoms with Gasteiger partial charge in [-0.1, -0.05) is 12.1 Å². The Morgan fingerprint density at radius 3 is 2.82 bits per heavy atom. The normalized spacial score (nSPS) is 34.4. The van der Waals surface area contributed by atoms with Crippen LogP contribution in [0.4, 0.5) is 0 Å². The topological polar surface area (TPSA) is 25.8 Å². The SMILES string of the molecule is CC1CCC2C([NH2+]1)c1ccccc1OC2(C)C. The number of rotatable bonds is 0. The molecule has 2 aliphatic heterocycles. The van der Waals surface area contributed by atoms with Crippen molar-refractivity contribution < 1.29 is 10.1 Å². The summed E-state index contributed by atoms with van der Waals surface area (Å²) < 4.78 is 6.20. The van der Waals surface area contributed by atoms with Crippen molar-refractivity contribution in [1.29, 1.82) is 0 Å². The van der Waals surface area contributed by atoms with Crippen LogP contribution in [0.1, 0.15) is 45.2 Å². The molecule has 0 aliphatic carbocycles. The van der Waals surface area contributed by atoms with Crippen LogP contribution in [-0.4, -0.2) is 11.6 Å². The smallest absolute Gasteiger partial charge is 0.129 e. The highest BCUT2D eigenvalue weighted by molar-refractivity contribution is 5.38. The second kappa shape index (κ2) is 3.74. The van der Waals surface area contributed by atoms with Gasteiger partial charge in [0, 0.05) is 0 Å². The molecule has 1 saturated heterocycles. The molecule has 92 valence electrons. The van der Waals surface area contributed by atoms with Crippen molar-refractivity contribution in [2.75, 3.05) is 0 Å². The zero-order chi connectivity index (χ0) is 12.0. The Kier molecular flexibility index (Phi) is 2.44. The Hall–Kier alpha value is -1.02. The van der Waals surface area contributed by atoms with Gasteiger partial charge in [-0.05, 0) is 45.7 Å². The molecule has 0 saturated carbocycles. The Balaban J connectivity index is 2.05. The summed E-state index contributed by atoms with van der Waals surface area (Å²) in [5.74, 6) is 1.72. The van der Waals surface area contributed by atoms with E-state index in [1.165, 1.54) is 18.4 Å². The highest BCUT2D eigenvalue weighted by Gasteiger charge is 2.48. The first-order valence-electron chi connectivity index (χ1n) is 6.71. The zero-order valence-corrected chi connectivity index (χ0v) is 10.9. The maximum Gasteiger partial charge on any atom is 0.129 e. The van der Waals surface area contributed by atoms with E-state index in [0.29, 0.717) is 12.0 Å². The molecule has 17 heavy (non-hydrogen) atoms. The molecule has 1 fully saturated rings. The minimum Gasteiger partial charge on any atom is -0.487 e. The van der Waals surface area contributed by atoms with Gasteiger partial charge in [0.25, 0.3) is 0 Å². The van der Waals surface area contributed by atoms with Crippen LogP contribution in [0.3, 0.4) is 0 Å². The number of nitrogens with two attached hydrogens (primary N) is 1. The fourth-order valence-corrected chi connectivity index (χ4v) is 3.51. The van der Waals surface area contributed by atoms with Crippen LogP contribution in [0.2, 0.25) is 0 Å². The molecule has 2 aliphatic rings. The minimum absolute atomic E-state index is 0.0321. The number of piperidine rings is 1. The molecule has 3 unspecified atom stereocenters. The Morgan fingerprint density at radius 1 is 1.24 bits per heavy atom. The highest BCUT2D eigenvalue weighted by Crippen LogP contribution is 2.45. The molecule has 2 heteroatoms. The second-order valence-electron chi connectivity index (χ2n) is 6.12. The van der Waals surface area contributed by atoms with Crippen molar-refractivity contribution >= 4 is 0 Å². The summed E-state index contributed by atoms with van der Waals surface area (Å²) in [4.78, 5) is 0. The Morgan fingerprint density at radius 2 is 2.00 bits per heavy atom. The lowest BCUT2D eigenvalue weighted by Gasteiger charge is -2.46.